The molecule has 170 valence electrons. The molecule has 2 heterocycles. The third-order valence-electron chi connectivity index (χ3n) is 5.74. The zero-order valence-corrected chi connectivity index (χ0v) is 19.1. The number of aromatic nitrogens is 3. The number of rotatable bonds is 8. The Bertz CT molecular complexity index is 1470. The predicted octanol–water partition coefficient (Wildman–Crippen LogP) is 4.66. The number of aromatic amines is 2. The average Bonchev–Trinajstić information content (AvgIpc) is 3.48. The highest BCUT2D eigenvalue weighted by molar-refractivity contribution is 7.99. The molecule has 0 unspecified atom stereocenters. The van der Waals surface area contributed by atoms with Crippen LogP contribution in [-0.4, -0.2) is 32.5 Å². The zero-order chi connectivity index (χ0) is 23.5. The number of primary amides is 1. The summed E-state index contributed by atoms with van der Waals surface area (Å²) in [7, 11) is 0. The number of nitrogens with one attached hydrogen (secondary N) is 3. The summed E-state index contributed by atoms with van der Waals surface area (Å²) in [4.78, 5) is 35.8. The number of hydrogen-bond donors (Lipinski definition) is 4. The number of benzene rings is 3. The van der Waals surface area contributed by atoms with Gasteiger partial charge in [-0.2, -0.15) is 0 Å². The lowest BCUT2D eigenvalue weighted by molar-refractivity contribution is -0.113. The minimum Gasteiger partial charge on any atom is -0.366 e. The number of anilines is 1. The van der Waals surface area contributed by atoms with Crippen molar-refractivity contribution in [1.82, 2.24) is 15.0 Å². The number of nitrogens with zero attached hydrogens (tertiary/aromatic N) is 1. The van der Waals surface area contributed by atoms with E-state index in [4.69, 9.17) is 5.73 Å². The number of para-hydroxylation sites is 3. The van der Waals surface area contributed by atoms with Crippen LogP contribution in [0.25, 0.3) is 21.9 Å². The average molecular weight is 470 g/mol. The number of fused-ring (bicyclic) bond motifs is 2. The van der Waals surface area contributed by atoms with Crippen molar-refractivity contribution in [2.45, 2.75) is 18.0 Å². The van der Waals surface area contributed by atoms with E-state index in [1.807, 2.05) is 48.7 Å². The number of carbonyl (C=O) groups excluding carboxylic acids is 2. The lowest BCUT2D eigenvalue weighted by Gasteiger charge is -2.15. The van der Waals surface area contributed by atoms with Crippen LogP contribution >= 0.6 is 11.8 Å². The van der Waals surface area contributed by atoms with E-state index in [2.05, 4.69) is 32.4 Å². The number of nitrogens with two attached hydrogens (primary N) is 1. The van der Waals surface area contributed by atoms with Gasteiger partial charge in [0, 0.05) is 17.1 Å². The molecule has 5 aromatic rings. The molecule has 34 heavy (non-hydrogen) atoms. The maximum atomic E-state index is 12.8. The Morgan fingerprint density at radius 2 is 1.68 bits per heavy atom. The van der Waals surface area contributed by atoms with Crippen molar-refractivity contribution in [1.29, 1.82) is 0 Å². The largest absolute Gasteiger partial charge is 0.366 e. The molecule has 7 nitrogen and oxygen atoms in total. The van der Waals surface area contributed by atoms with E-state index in [1.165, 1.54) is 22.7 Å². The molecule has 5 rings (SSSR count). The lowest BCUT2D eigenvalue weighted by Crippen LogP contribution is -2.21. The van der Waals surface area contributed by atoms with Gasteiger partial charge in [-0.3, -0.25) is 9.59 Å². The van der Waals surface area contributed by atoms with Crippen LogP contribution in [0.5, 0.6) is 0 Å². The van der Waals surface area contributed by atoms with E-state index in [9.17, 15) is 9.59 Å². The second-order valence-corrected chi connectivity index (χ2v) is 8.92. The monoisotopic (exact) mass is 469 g/mol. The predicted molar refractivity (Wildman–Crippen MR) is 136 cm³/mol. The van der Waals surface area contributed by atoms with E-state index >= 15 is 0 Å². The van der Waals surface area contributed by atoms with Crippen molar-refractivity contribution in [3.8, 4) is 0 Å². The molecule has 0 atom stereocenters. The fraction of sp³-hybridized carbons (Fsp3) is 0.115. The molecule has 0 bridgehead atoms. The SMILES string of the molecule is NC(=O)c1cccc(CCc2cccc3[nH]ccc23)c1NC(=O)CSc1nc2ccccc2[nH]1. The molecule has 0 aliphatic heterocycles. The van der Waals surface area contributed by atoms with Gasteiger partial charge in [0.2, 0.25) is 5.91 Å². The molecular weight excluding hydrogens is 446 g/mol. The van der Waals surface area contributed by atoms with E-state index in [0.29, 0.717) is 22.8 Å². The van der Waals surface area contributed by atoms with Crippen molar-refractivity contribution in [2.75, 3.05) is 11.1 Å². The molecule has 0 saturated carbocycles. The Labute approximate surface area is 200 Å². The Hall–Kier alpha value is -4.04. The molecule has 3 aromatic carbocycles. The standard InChI is InChI=1S/C26H23N5O2S/c27-25(33)19-7-3-6-17(12-11-16-5-4-10-20-18(16)13-14-28-20)24(19)31-23(32)15-34-26-29-21-8-1-2-9-22(21)30-26/h1-10,13-14,28H,11-12,15H2,(H2,27,33)(H,29,30)(H,31,32). The van der Waals surface area contributed by atoms with E-state index < -0.39 is 5.91 Å². The number of amides is 2. The second kappa shape index (κ2) is 9.44. The number of imidazole rings is 1. The number of H-pyrrole nitrogens is 2. The van der Waals surface area contributed by atoms with Crippen LogP contribution in [-0.2, 0) is 17.6 Å². The normalized spacial score (nSPS) is 11.2. The maximum Gasteiger partial charge on any atom is 0.250 e. The molecule has 0 radical (unpaired) electrons. The van der Waals surface area contributed by atoms with Gasteiger partial charge in [0.25, 0.3) is 5.91 Å². The fourth-order valence-corrected chi connectivity index (χ4v) is 4.79. The van der Waals surface area contributed by atoms with Gasteiger partial charge in [-0.05, 0) is 54.3 Å². The molecule has 5 N–H and O–H groups in total. The first kappa shape index (κ1) is 21.8. The Balaban J connectivity index is 1.32. The van der Waals surface area contributed by atoms with Gasteiger partial charge >= 0.3 is 0 Å². The van der Waals surface area contributed by atoms with Gasteiger partial charge in [0.1, 0.15) is 0 Å². The summed E-state index contributed by atoms with van der Waals surface area (Å²) in [5.41, 5.74) is 11.3. The van der Waals surface area contributed by atoms with Gasteiger partial charge in [-0.1, -0.05) is 48.2 Å². The minimum absolute atomic E-state index is 0.148. The first-order valence-electron chi connectivity index (χ1n) is 10.9. The van der Waals surface area contributed by atoms with Crippen molar-refractivity contribution in [2.24, 2.45) is 5.73 Å². The highest BCUT2D eigenvalue weighted by atomic mass is 32.2. The van der Waals surface area contributed by atoms with E-state index in [1.54, 1.807) is 12.1 Å². The van der Waals surface area contributed by atoms with Crippen LogP contribution in [0.15, 0.2) is 78.1 Å². The Morgan fingerprint density at radius 1 is 0.912 bits per heavy atom. The summed E-state index contributed by atoms with van der Waals surface area (Å²) in [6, 6.07) is 21.3. The Morgan fingerprint density at radius 3 is 2.53 bits per heavy atom. The highest BCUT2D eigenvalue weighted by Crippen LogP contribution is 2.26. The van der Waals surface area contributed by atoms with Crippen LogP contribution in [0, 0.1) is 0 Å². The summed E-state index contributed by atoms with van der Waals surface area (Å²) < 4.78 is 0. The summed E-state index contributed by atoms with van der Waals surface area (Å²) in [6.45, 7) is 0. The molecule has 0 aliphatic rings. The van der Waals surface area contributed by atoms with Crippen LogP contribution in [0.4, 0.5) is 5.69 Å². The maximum absolute atomic E-state index is 12.8. The van der Waals surface area contributed by atoms with Crippen molar-refractivity contribution in [3.05, 3.63) is 89.6 Å². The van der Waals surface area contributed by atoms with Gasteiger partial charge in [0.15, 0.2) is 5.16 Å². The molecule has 2 amide bonds. The third-order valence-corrected chi connectivity index (χ3v) is 6.61. The summed E-state index contributed by atoms with van der Waals surface area (Å²) in [5.74, 6) is -0.655. The van der Waals surface area contributed by atoms with Crippen molar-refractivity contribution >= 4 is 51.2 Å². The summed E-state index contributed by atoms with van der Waals surface area (Å²) >= 11 is 1.31. The summed E-state index contributed by atoms with van der Waals surface area (Å²) in [5, 5.41) is 4.76. The Kier molecular flexibility index (Phi) is 6.05. The minimum atomic E-state index is -0.574. The van der Waals surface area contributed by atoms with Gasteiger partial charge in [-0.15, -0.1) is 0 Å². The molecule has 0 aliphatic carbocycles. The van der Waals surface area contributed by atoms with Gasteiger partial charge in [0.05, 0.1) is 28.0 Å². The topological polar surface area (TPSA) is 117 Å². The number of thioether (sulfide) groups is 1. The van der Waals surface area contributed by atoms with Gasteiger partial charge < -0.3 is 21.0 Å². The van der Waals surface area contributed by atoms with Crippen molar-refractivity contribution < 1.29 is 9.59 Å². The van der Waals surface area contributed by atoms with E-state index in [-0.39, 0.29) is 11.7 Å². The van der Waals surface area contributed by atoms with Crippen LogP contribution < -0.4 is 11.1 Å². The lowest BCUT2D eigenvalue weighted by atomic mass is 9.98. The fourth-order valence-electron chi connectivity index (χ4n) is 4.11. The number of hydrogen-bond acceptors (Lipinski definition) is 4. The molecule has 0 saturated heterocycles. The molecule has 0 fully saturated rings. The molecule has 2 aromatic heterocycles. The van der Waals surface area contributed by atoms with Crippen molar-refractivity contribution in [3.63, 3.8) is 0 Å². The first-order valence-corrected chi connectivity index (χ1v) is 11.9. The quantitative estimate of drug-likeness (QED) is 0.247. The highest BCUT2D eigenvalue weighted by Gasteiger charge is 2.16. The molecular formula is C26H23N5O2S. The second-order valence-electron chi connectivity index (χ2n) is 7.96. The number of aryl methyl sites for hydroxylation is 2. The van der Waals surface area contributed by atoms with Crippen LogP contribution in [0.2, 0.25) is 0 Å². The van der Waals surface area contributed by atoms with Crippen LogP contribution in [0.3, 0.4) is 0 Å². The van der Waals surface area contributed by atoms with E-state index in [0.717, 1.165) is 28.5 Å². The smallest absolute Gasteiger partial charge is 0.250 e. The third kappa shape index (κ3) is 4.53. The van der Waals surface area contributed by atoms with Crippen LogP contribution in [0.1, 0.15) is 21.5 Å². The van der Waals surface area contributed by atoms with Gasteiger partial charge in [-0.25, -0.2) is 4.98 Å². The first-order chi connectivity index (χ1) is 16.6. The molecule has 8 heteroatoms. The zero-order valence-electron chi connectivity index (χ0n) is 18.3. The number of carbonyl (C=O) groups is 2. The summed E-state index contributed by atoms with van der Waals surface area (Å²) in [6.07, 6.45) is 3.33. The molecule has 0 spiro atoms.